The minimum Gasteiger partial charge on any atom is -0.376 e. The number of hydrogen-bond donors (Lipinski definition) is 2. The van der Waals surface area contributed by atoms with Crippen LogP contribution in [0.1, 0.15) is 16.5 Å². The summed E-state index contributed by atoms with van der Waals surface area (Å²) in [6, 6.07) is 16.6. The Bertz CT molecular complexity index is 933. The van der Waals surface area contributed by atoms with Crippen LogP contribution in [-0.4, -0.2) is 17.4 Å². The zero-order chi connectivity index (χ0) is 19.2. The molecule has 0 unspecified atom stereocenters. The van der Waals surface area contributed by atoms with Gasteiger partial charge >= 0.3 is 5.69 Å². The van der Waals surface area contributed by atoms with Crippen LogP contribution in [0, 0.1) is 15.9 Å². The third-order valence-electron chi connectivity index (χ3n) is 3.86. The molecule has 138 valence electrons. The zero-order valence-corrected chi connectivity index (χ0v) is 14.9. The third-order valence-corrected chi connectivity index (χ3v) is 4.80. The number of halogens is 1. The first-order valence-electron chi connectivity index (χ1n) is 8.10. The molecule has 1 amide bonds. The molecule has 6 nitrogen and oxygen atoms in total. The second-order valence-corrected chi connectivity index (χ2v) is 6.68. The summed E-state index contributed by atoms with van der Waals surface area (Å²) >= 11 is 1.54. The van der Waals surface area contributed by atoms with Crippen molar-refractivity contribution in [2.75, 3.05) is 11.9 Å². The first-order chi connectivity index (χ1) is 13.0. The number of nitro benzene ring substituents is 1. The molecule has 0 aliphatic heterocycles. The number of rotatable bonds is 7. The molecule has 0 aliphatic rings. The van der Waals surface area contributed by atoms with Gasteiger partial charge in [0.25, 0.3) is 0 Å². The van der Waals surface area contributed by atoms with Crippen molar-refractivity contribution in [2.24, 2.45) is 0 Å². The Morgan fingerprint density at radius 2 is 1.93 bits per heavy atom. The first-order valence-corrected chi connectivity index (χ1v) is 8.98. The predicted molar refractivity (Wildman–Crippen MR) is 102 cm³/mol. The fourth-order valence-corrected chi connectivity index (χ4v) is 3.38. The lowest BCUT2D eigenvalue weighted by Gasteiger charge is -2.18. The maximum absolute atomic E-state index is 13.4. The van der Waals surface area contributed by atoms with E-state index in [1.54, 1.807) is 0 Å². The quantitative estimate of drug-likeness (QED) is 0.473. The monoisotopic (exact) mass is 385 g/mol. The van der Waals surface area contributed by atoms with E-state index in [2.05, 4.69) is 10.6 Å². The van der Waals surface area contributed by atoms with Gasteiger partial charge in [-0.1, -0.05) is 36.4 Å². The summed E-state index contributed by atoms with van der Waals surface area (Å²) in [7, 11) is 0. The molecule has 0 spiro atoms. The van der Waals surface area contributed by atoms with E-state index in [9.17, 15) is 19.3 Å². The molecule has 0 fully saturated rings. The number of nitrogens with zero attached hydrogens (tertiary/aromatic N) is 1. The fraction of sp³-hybridized carbons (Fsp3) is 0.105. The van der Waals surface area contributed by atoms with Gasteiger partial charge in [0.05, 0.1) is 17.5 Å². The number of carbonyl (C=O) groups excluding carboxylic acids is 1. The average Bonchev–Trinajstić information content (AvgIpc) is 3.20. The van der Waals surface area contributed by atoms with Gasteiger partial charge in [-0.15, -0.1) is 11.3 Å². The van der Waals surface area contributed by atoms with Crippen LogP contribution in [0.3, 0.4) is 0 Å². The van der Waals surface area contributed by atoms with Crippen molar-refractivity contribution in [1.29, 1.82) is 0 Å². The molecule has 0 bridgehead atoms. The van der Waals surface area contributed by atoms with Crippen molar-refractivity contribution in [3.63, 3.8) is 0 Å². The lowest BCUT2D eigenvalue weighted by molar-refractivity contribution is -0.387. The van der Waals surface area contributed by atoms with Crippen molar-refractivity contribution >= 4 is 28.6 Å². The summed E-state index contributed by atoms with van der Waals surface area (Å²) in [5.41, 5.74) is 0.609. The summed E-state index contributed by atoms with van der Waals surface area (Å²) in [6.07, 6.45) is 0. The number of benzene rings is 2. The van der Waals surface area contributed by atoms with E-state index in [1.807, 2.05) is 47.8 Å². The van der Waals surface area contributed by atoms with E-state index >= 15 is 0 Å². The van der Waals surface area contributed by atoms with E-state index in [0.717, 1.165) is 22.6 Å². The average molecular weight is 385 g/mol. The van der Waals surface area contributed by atoms with Crippen LogP contribution in [0.25, 0.3) is 0 Å². The number of nitro groups is 1. The Morgan fingerprint density at radius 1 is 1.15 bits per heavy atom. The summed E-state index contributed by atoms with van der Waals surface area (Å²) in [4.78, 5) is 23.4. The van der Waals surface area contributed by atoms with Crippen molar-refractivity contribution < 1.29 is 14.1 Å². The molecule has 1 atom stereocenters. The molecule has 0 radical (unpaired) electrons. The largest absolute Gasteiger partial charge is 0.376 e. The van der Waals surface area contributed by atoms with Gasteiger partial charge in [-0.25, -0.2) is 0 Å². The first kappa shape index (κ1) is 18.5. The fourth-order valence-electron chi connectivity index (χ4n) is 2.58. The van der Waals surface area contributed by atoms with Gasteiger partial charge < -0.3 is 10.6 Å². The van der Waals surface area contributed by atoms with Gasteiger partial charge in [0.1, 0.15) is 0 Å². The van der Waals surface area contributed by atoms with Crippen molar-refractivity contribution in [3.05, 3.63) is 92.4 Å². The smallest absolute Gasteiger partial charge is 0.306 e. The zero-order valence-electron chi connectivity index (χ0n) is 14.1. The SMILES string of the molecule is O=C(CNc1ccc(F)c([N+](=O)[O-])c1)N[C@H](c1ccccc1)c1cccs1. The van der Waals surface area contributed by atoms with Crippen LogP contribution in [0.5, 0.6) is 0 Å². The lowest BCUT2D eigenvalue weighted by Crippen LogP contribution is -2.33. The molecule has 0 saturated heterocycles. The lowest BCUT2D eigenvalue weighted by atomic mass is 10.1. The second-order valence-electron chi connectivity index (χ2n) is 5.70. The van der Waals surface area contributed by atoms with Gasteiger partial charge in [-0.05, 0) is 29.1 Å². The molecule has 1 aromatic heterocycles. The van der Waals surface area contributed by atoms with Gasteiger partial charge in [0, 0.05) is 16.6 Å². The van der Waals surface area contributed by atoms with E-state index in [-0.39, 0.29) is 18.5 Å². The molecule has 1 heterocycles. The van der Waals surface area contributed by atoms with Gasteiger partial charge in [-0.2, -0.15) is 4.39 Å². The standard InChI is InChI=1S/C19H16FN3O3S/c20-15-9-8-14(11-16(15)23(25)26)21-12-18(24)22-19(17-7-4-10-27-17)13-5-2-1-3-6-13/h1-11,19,21H,12H2,(H,22,24)/t19-/m1/s1. The van der Waals surface area contributed by atoms with Crippen molar-refractivity contribution in [2.45, 2.75) is 6.04 Å². The van der Waals surface area contributed by atoms with Crippen LogP contribution in [0.15, 0.2) is 66.0 Å². The highest BCUT2D eigenvalue weighted by molar-refractivity contribution is 7.10. The number of carbonyl (C=O) groups is 1. The topological polar surface area (TPSA) is 84.3 Å². The van der Waals surface area contributed by atoms with Crippen LogP contribution < -0.4 is 10.6 Å². The second kappa shape index (κ2) is 8.41. The maximum atomic E-state index is 13.4. The van der Waals surface area contributed by atoms with Crippen molar-refractivity contribution in [1.82, 2.24) is 5.32 Å². The molecule has 2 N–H and O–H groups in total. The van der Waals surface area contributed by atoms with Gasteiger partial charge in [-0.3, -0.25) is 14.9 Å². The summed E-state index contributed by atoms with van der Waals surface area (Å²) in [5, 5.41) is 18.5. The van der Waals surface area contributed by atoms with Crippen LogP contribution in [0.4, 0.5) is 15.8 Å². The minimum absolute atomic E-state index is 0.0997. The molecular weight excluding hydrogens is 369 g/mol. The van der Waals surface area contributed by atoms with Gasteiger partial charge in [0.15, 0.2) is 0 Å². The maximum Gasteiger partial charge on any atom is 0.306 e. The van der Waals surface area contributed by atoms with E-state index in [1.165, 1.54) is 17.4 Å². The van der Waals surface area contributed by atoms with Crippen LogP contribution in [0.2, 0.25) is 0 Å². The number of hydrogen-bond acceptors (Lipinski definition) is 5. The molecule has 8 heteroatoms. The van der Waals surface area contributed by atoms with Crippen LogP contribution >= 0.6 is 11.3 Å². The Hall–Kier alpha value is -3.26. The summed E-state index contributed by atoms with van der Waals surface area (Å²) in [5.74, 6) is -1.21. The van der Waals surface area contributed by atoms with E-state index < -0.39 is 16.4 Å². The molecule has 0 aliphatic carbocycles. The Balaban J connectivity index is 1.69. The highest BCUT2D eigenvalue weighted by atomic mass is 32.1. The molecule has 0 saturated carbocycles. The number of nitrogens with one attached hydrogen (secondary N) is 2. The molecule has 3 aromatic rings. The summed E-state index contributed by atoms with van der Waals surface area (Å²) < 4.78 is 13.4. The highest BCUT2D eigenvalue weighted by Gasteiger charge is 2.18. The predicted octanol–water partition coefficient (Wildman–Crippen LogP) is 4.11. The normalized spacial score (nSPS) is 11.6. The third kappa shape index (κ3) is 4.68. The minimum atomic E-state index is -0.920. The molecule has 2 aromatic carbocycles. The van der Waals surface area contributed by atoms with E-state index in [0.29, 0.717) is 5.69 Å². The van der Waals surface area contributed by atoms with Crippen LogP contribution in [-0.2, 0) is 4.79 Å². The van der Waals surface area contributed by atoms with E-state index in [4.69, 9.17) is 0 Å². The molecular formula is C19H16FN3O3S. The molecule has 27 heavy (non-hydrogen) atoms. The Kier molecular flexibility index (Phi) is 5.77. The van der Waals surface area contributed by atoms with Gasteiger partial charge in [0.2, 0.25) is 11.7 Å². The number of amides is 1. The van der Waals surface area contributed by atoms with Crippen molar-refractivity contribution in [3.8, 4) is 0 Å². The summed E-state index contributed by atoms with van der Waals surface area (Å²) in [6.45, 7) is -0.0997. The molecule has 3 rings (SSSR count). The Morgan fingerprint density at radius 3 is 2.59 bits per heavy atom. The highest BCUT2D eigenvalue weighted by Crippen LogP contribution is 2.26. The number of thiophene rings is 1. The number of anilines is 1. The Labute approximate surface area is 158 Å².